The number of hydrogen-bond acceptors (Lipinski definition) is 3. The Morgan fingerprint density at radius 2 is 1.79 bits per heavy atom. The van der Waals surface area contributed by atoms with Crippen molar-refractivity contribution >= 4 is 28.3 Å². The average Bonchev–Trinajstić information content (AvgIpc) is 2.96. The molecule has 0 bridgehead atoms. The predicted molar refractivity (Wildman–Crippen MR) is 110 cm³/mol. The lowest BCUT2D eigenvalue weighted by atomic mass is 10.1. The van der Waals surface area contributed by atoms with Crippen molar-refractivity contribution in [1.82, 2.24) is 5.32 Å². The number of anilines is 1. The molecule has 0 aromatic heterocycles. The molecular formula is C23H22N2O3. The molecular weight excluding hydrogens is 352 g/mol. The number of nitrogens with zero attached hydrogens (tertiary/aromatic N) is 1. The van der Waals surface area contributed by atoms with E-state index in [-0.39, 0.29) is 24.4 Å². The number of benzene rings is 3. The van der Waals surface area contributed by atoms with E-state index in [0.29, 0.717) is 12.2 Å². The second-order valence-electron chi connectivity index (χ2n) is 7.16. The summed E-state index contributed by atoms with van der Waals surface area (Å²) in [6, 6.07) is 19.0. The number of carbonyl (C=O) groups excluding carboxylic acids is 2. The van der Waals surface area contributed by atoms with Crippen LogP contribution in [0.1, 0.15) is 22.8 Å². The van der Waals surface area contributed by atoms with Gasteiger partial charge in [0, 0.05) is 10.9 Å². The van der Waals surface area contributed by atoms with Gasteiger partial charge in [-0.15, -0.1) is 0 Å². The molecule has 5 nitrogen and oxygen atoms in total. The van der Waals surface area contributed by atoms with Crippen LogP contribution in [0.25, 0.3) is 10.8 Å². The van der Waals surface area contributed by atoms with E-state index >= 15 is 0 Å². The highest BCUT2D eigenvalue weighted by atomic mass is 16.5. The molecule has 1 N–H and O–H groups in total. The first-order chi connectivity index (χ1) is 13.5. The van der Waals surface area contributed by atoms with Gasteiger partial charge in [-0.3, -0.25) is 14.5 Å². The Bertz CT molecular complexity index is 1040. The van der Waals surface area contributed by atoms with Crippen LogP contribution in [-0.4, -0.2) is 31.0 Å². The minimum absolute atomic E-state index is 0.0124. The Balaban J connectivity index is 1.38. The molecule has 0 fully saturated rings. The van der Waals surface area contributed by atoms with Crippen molar-refractivity contribution in [2.75, 3.05) is 18.1 Å². The first kappa shape index (κ1) is 18.0. The summed E-state index contributed by atoms with van der Waals surface area (Å²) in [4.78, 5) is 26.8. The van der Waals surface area contributed by atoms with Gasteiger partial charge in [0.15, 0.2) is 0 Å². The quantitative estimate of drug-likeness (QED) is 0.716. The summed E-state index contributed by atoms with van der Waals surface area (Å²) in [6.45, 7) is 4.25. The number of carbonyl (C=O) groups is 2. The molecule has 4 rings (SSSR count). The van der Waals surface area contributed by atoms with E-state index in [1.54, 1.807) is 4.90 Å². The van der Waals surface area contributed by atoms with Crippen LogP contribution in [-0.2, 0) is 4.79 Å². The zero-order valence-electron chi connectivity index (χ0n) is 15.9. The predicted octanol–water partition coefficient (Wildman–Crippen LogP) is 3.69. The molecule has 0 spiro atoms. The second-order valence-corrected chi connectivity index (χ2v) is 7.16. The summed E-state index contributed by atoms with van der Waals surface area (Å²) in [5.74, 6) is 0.423. The molecule has 0 saturated heterocycles. The summed E-state index contributed by atoms with van der Waals surface area (Å²) in [6.07, 6.45) is 0. The summed E-state index contributed by atoms with van der Waals surface area (Å²) < 4.78 is 5.72. The van der Waals surface area contributed by atoms with Crippen molar-refractivity contribution in [1.29, 1.82) is 0 Å². The number of hydrogen-bond donors (Lipinski definition) is 1. The van der Waals surface area contributed by atoms with Gasteiger partial charge in [0.05, 0.1) is 11.7 Å². The molecule has 1 atom stereocenters. The molecule has 3 aromatic carbocycles. The van der Waals surface area contributed by atoms with Crippen molar-refractivity contribution in [2.45, 2.75) is 19.9 Å². The Hall–Kier alpha value is -3.34. The maximum absolute atomic E-state index is 12.8. The first-order valence-corrected chi connectivity index (χ1v) is 9.35. The highest BCUT2D eigenvalue weighted by Crippen LogP contribution is 2.36. The van der Waals surface area contributed by atoms with Crippen LogP contribution in [0, 0.1) is 6.92 Å². The molecule has 142 valence electrons. The van der Waals surface area contributed by atoms with E-state index < -0.39 is 0 Å². The van der Waals surface area contributed by atoms with Gasteiger partial charge >= 0.3 is 0 Å². The van der Waals surface area contributed by atoms with E-state index in [9.17, 15) is 9.59 Å². The Morgan fingerprint density at radius 3 is 2.54 bits per heavy atom. The average molecular weight is 374 g/mol. The van der Waals surface area contributed by atoms with E-state index in [1.165, 1.54) is 5.56 Å². The maximum Gasteiger partial charge on any atom is 0.259 e. The first-order valence-electron chi connectivity index (χ1n) is 9.35. The van der Waals surface area contributed by atoms with Gasteiger partial charge in [0.2, 0.25) is 5.91 Å². The van der Waals surface area contributed by atoms with Gasteiger partial charge in [-0.25, -0.2) is 0 Å². The monoisotopic (exact) mass is 374 g/mol. The van der Waals surface area contributed by atoms with Crippen LogP contribution < -0.4 is 15.0 Å². The molecule has 1 heterocycles. The van der Waals surface area contributed by atoms with Crippen molar-refractivity contribution < 1.29 is 14.3 Å². The Kier molecular flexibility index (Phi) is 4.74. The number of ether oxygens (including phenoxy) is 1. The molecule has 3 aromatic rings. The molecule has 0 radical (unpaired) electrons. The van der Waals surface area contributed by atoms with E-state index in [2.05, 4.69) is 5.32 Å². The number of aryl methyl sites for hydroxylation is 1. The molecule has 28 heavy (non-hydrogen) atoms. The largest absolute Gasteiger partial charge is 0.491 e. The minimum atomic E-state index is -0.210. The molecule has 0 aliphatic carbocycles. The lowest BCUT2D eigenvalue weighted by Crippen LogP contribution is -2.44. The molecule has 1 aliphatic rings. The lowest BCUT2D eigenvalue weighted by Gasteiger charge is -2.20. The SMILES string of the molecule is Cc1ccc(OC[C@@H](C)NC(=O)CN2C(=O)c3cccc4cccc2c34)cc1. The number of nitrogens with one attached hydrogen (secondary N) is 1. The molecule has 1 aliphatic heterocycles. The van der Waals surface area contributed by atoms with Crippen LogP contribution in [0.2, 0.25) is 0 Å². The third kappa shape index (κ3) is 3.43. The van der Waals surface area contributed by atoms with Gasteiger partial charge in [0.25, 0.3) is 5.91 Å². The van der Waals surface area contributed by atoms with Gasteiger partial charge in [0.1, 0.15) is 18.9 Å². The van der Waals surface area contributed by atoms with Crippen LogP contribution in [0.4, 0.5) is 5.69 Å². The van der Waals surface area contributed by atoms with E-state index in [0.717, 1.165) is 22.2 Å². The minimum Gasteiger partial charge on any atom is -0.491 e. The zero-order valence-corrected chi connectivity index (χ0v) is 15.9. The molecule has 2 amide bonds. The van der Waals surface area contributed by atoms with Gasteiger partial charge in [-0.05, 0) is 43.5 Å². The van der Waals surface area contributed by atoms with Crippen molar-refractivity contribution in [3.8, 4) is 5.75 Å². The van der Waals surface area contributed by atoms with Crippen molar-refractivity contribution in [3.63, 3.8) is 0 Å². The number of rotatable bonds is 6. The second kappa shape index (κ2) is 7.35. The normalized spacial score (nSPS) is 13.6. The van der Waals surface area contributed by atoms with E-state index in [1.807, 2.05) is 74.5 Å². The highest BCUT2D eigenvalue weighted by Gasteiger charge is 2.30. The molecule has 0 saturated carbocycles. The standard InChI is InChI=1S/C23H22N2O3/c1-15-9-11-18(12-10-15)28-14-16(2)24-21(26)13-25-20-8-4-6-17-5-3-7-19(22(17)20)23(25)27/h3-12,16H,13-14H2,1-2H3,(H,24,26)/t16-/m1/s1. The number of amides is 2. The summed E-state index contributed by atoms with van der Waals surface area (Å²) in [7, 11) is 0. The van der Waals surface area contributed by atoms with Crippen molar-refractivity contribution in [3.05, 3.63) is 71.8 Å². The summed E-state index contributed by atoms with van der Waals surface area (Å²) in [5.41, 5.74) is 2.61. The van der Waals surface area contributed by atoms with Gasteiger partial charge in [-0.2, -0.15) is 0 Å². The third-order valence-electron chi connectivity index (χ3n) is 4.88. The Morgan fingerprint density at radius 1 is 1.07 bits per heavy atom. The summed E-state index contributed by atoms with van der Waals surface area (Å²) in [5, 5.41) is 4.83. The fraction of sp³-hybridized carbons (Fsp3) is 0.217. The van der Waals surface area contributed by atoms with Crippen LogP contribution >= 0.6 is 0 Å². The van der Waals surface area contributed by atoms with Gasteiger partial charge < -0.3 is 10.1 Å². The zero-order chi connectivity index (χ0) is 19.7. The lowest BCUT2D eigenvalue weighted by molar-refractivity contribution is -0.120. The molecule has 5 heteroatoms. The van der Waals surface area contributed by atoms with Crippen LogP contribution in [0.5, 0.6) is 5.75 Å². The van der Waals surface area contributed by atoms with Crippen molar-refractivity contribution in [2.24, 2.45) is 0 Å². The maximum atomic E-state index is 12.8. The fourth-order valence-electron chi connectivity index (χ4n) is 3.50. The highest BCUT2D eigenvalue weighted by molar-refractivity contribution is 6.26. The summed E-state index contributed by atoms with van der Waals surface area (Å²) >= 11 is 0. The van der Waals surface area contributed by atoms with Crippen LogP contribution in [0.3, 0.4) is 0 Å². The van der Waals surface area contributed by atoms with Crippen LogP contribution in [0.15, 0.2) is 60.7 Å². The van der Waals surface area contributed by atoms with E-state index in [4.69, 9.17) is 4.74 Å². The topological polar surface area (TPSA) is 58.6 Å². The fourth-order valence-corrected chi connectivity index (χ4v) is 3.50. The smallest absolute Gasteiger partial charge is 0.259 e. The van der Waals surface area contributed by atoms with Gasteiger partial charge in [-0.1, -0.05) is 42.0 Å². The Labute approximate surface area is 163 Å². The molecule has 0 unspecified atom stereocenters. The third-order valence-corrected chi connectivity index (χ3v) is 4.88.